The normalized spacial score (nSPS) is 15.1. The molecular weight excluding hydrogens is 208 g/mol. The van der Waals surface area contributed by atoms with Crippen LogP contribution < -0.4 is 5.32 Å². The van der Waals surface area contributed by atoms with Gasteiger partial charge in [-0.2, -0.15) is 5.10 Å². The van der Waals surface area contributed by atoms with E-state index in [9.17, 15) is 0 Å². The molecule has 0 spiro atoms. The molecule has 5 heteroatoms. The van der Waals surface area contributed by atoms with Crippen molar-refractivity contribution in [3.63, 3.8) is 0 Å². The van der Waals surface area contributed by atoms with Gasteiger partial charge in [-0.15, -0.1) is 0 Å². The van der Waals surface area contributed by atoms with Gasteiger partial charge in [0.25, 0.3) is 0 Å². The van der Waals surface area contributed by atoms with Crippen molar-refractivity contribution in [1.82, 2.24) is 20.5 Å². The SMILES string of the molecule is CCCC(C)NCC(C)Sc1ncn[nH]1. The fourth-order valence-corrected chi connectivity index (χ4v) is 2.16. The predicted octanol–water partition coefficient (Wildman–Crippen LogP) is 2.06. The van der Waals surface area contributed by atoms with Crippen molar-refractivity contribution < 1.29 is 0 Å². The first-order valence-electron chi connectivity index (χ1n) is 5.47. The van der Waals surface area contributed by atoms with Gasteiger partial charge in [-0.05, 0) is 13.3 Å². The Labute approximate surface area is 95.6 Å². The van der Waals surface area contributed by atoms with Crippen LogP contribution in [0.25, 0.3) is 0 Å². The highest BCUT2D eigenvalue weighted by Crippen LogP contribution is 2.17. The number of hydrogen-bond donors (Lipinski definition) is 2. The minimum Gasteiger partial charge on any atom is -0.313 e. The largest absolute Gasteiger partial charge is 0.313 e. The summed E-state index contributed by atoms with van der Waals surface area (Å²) in [6.07, 6.45) is 4.01. The molecule has 2 unspecified atom stereocenters. The molecule has 0 aliphatic carbocycles. The molecule has 0 radical (unpaired) electrons. The molecule has 2 atom stereocenters. The zero-order valence-corrected chi connectivity index (χ0v) is 10.5. The summed E-state index contributed by atoms with van der Waals surface area (Å²) >= 11 is 1.72. The molecule has 15 heavy (non-hydrogen) atoms. The van der Waals surface area contributed by atoms with Crippen LogP contribution in [0.1, 0.15) is 33.6 Å². The standard InChI is InChI=1S/C10H20N4S/c1-4-5-8(2)11-6-9(3)15-10-12-7-13-14-10/h7-9,11H,4-6H2,1-3H3,(H,12,13,14). The molecule has 0 bridgehead atoms. The number of nitrogens with one attached hydrogen (secondary N) is 2. The molecule has 0 aromatic carbocycles. The monoisotopic (exact) mass is 228 g/mol. The van der Waals surface area contributed by atoms with E-state index in [1.165, 1.54) is 12.8 Å². The van der Waals surface area contributed by atoms with E-state index in [0.29, 0.717) is 11.3 Å². The third-order valence-corrected chi connectivity index (χ3v) is 3.17. The first kappa shape index (κ1) is 12.5. The maximum Gasteiger partial charge on any atom is 0.183 e. The Hall–Kier alpha value is -0.550. The van der Waals surface area contributed by atoms with Crippen LogP contribution in [-0.2, 0) is 0 Å². The molecule has 0 saturated heterocycles. The van der Waals surface area contributed by atoms with E-state index in [2.05, 4.69) is 41.3 Å². The lowest BCUT2D eigenvalue weighted by molar-refractivity contribution is 0.511. The Bertz CT molecular complexity index is 250. The summed E-state index contributed by atoms with van der Waals surface area (Å²) in [4.78, 5) is 4.09. The van der Waals surface area contributed by atoms with Gasteiger partial charge in [0.2, 0.25) is 0 Å². The van der Waals surface area contributed by atoms with Crippen LogP contribution in [0.15, 0.2) is 11.5 Å². The van der Waals surface area contributed by atoms with Gasteiger partial charge in [0, 0.05) is 17.8 Å². The second-order valence-corrected chi connectivity index (χ2v) is 5.24. The molecule has 0 aliphatic rings. The van der Waals surface area contributed by atoms with E-state index in [-0.39, 0.29) is 0 Å². The van der Waals surface area contributed by atoms with Crippen molar-refractivity contribution in [1.29, 1.82) is 0 Å². The fraction of sp³-hybridized carbons (Fsp3) is 0.800. The Morgan fingerprint density at radius 3 is 2.93 bits per heavy atom. The third-order valence-electron chi connectivity index (χ3n) is 2.18. The van der Waals surface area contributed by atoms with Gasteiger partial charge in [-0.3, -0.25) is 5.10 Å². The third kappa shape index (κ3) is 5.18. The van der Waals surface area contributed by atoms with Crippen molar-refractivity contribution in [2.45, 2.75) is 50.1 Å². The summed E-state index contributed by atoms with van der Waals surface area (Å²) < 4.78 is 0. The number of H-pyrrole nitrogens is 1. The van der Waals surface area contributed by atoms with Gasteiger partial charge in [0.15, 0.2) is 5.16 Å². The Balaban J connectivity index is 2.16. The van der Waals surface area contributed by atoms with Gasteiger partial charge >= 0.3 is 0 Å². The highest BCUT2D eigenvalue weighted by Gasteiger charge is 2.07. The first-order valence-corrected chi connectivity index (χ1v) is 6.35. The van der Waals surface area contributed by atoms with Gasteiger partial charge in [0.1, 0.15) is 6.33 Å². The molecule has 2 N–H and O–H groups in total. The second kappa shape index (κ2) is 6.85. The van der Waals surface area contributed by atoms with Crippen LogP contribution in [0.3, 0.4) is 0 Å². The molecular formula is C10H20N4S. The van der Waals surface area contributed by atoms with Crippen molar-refractivity contribution in [3.8, 4) is 0 Å². The lowest BCUT2D eigenvalue weighted by Crippen LogP contribution is -2.31. The lowest BCUT2D eigenvalue weighted by atomic mass is 10.2. The van der Waals surface area contributed by atoms with Crippen LogP contribution in [0.5, 0.6) is 0 Å². The lowest BCUT2D eigenvalue weighted by Gasteiger charge is -2.15. The first-order chi connectivity index (χ1) is 7.22. The quantitative estimate of drug-likeness (QED) is 0.701. The van der Waals surface area contributed by atoms with E-state index < -0.39 is 0 Å². The number of thioether (sulfide) groups is 1. The fourth-order valence-electron chi connectivity index (χ4n) is 1.39. The van der Waals surface area contributed by atoms with Crippen molar-refractivity contribution in [2.75, 3.05) is 6.54 Å². The summed E-state index contributed by atoms with van der Waals surface area (Å²) in [7, 11) is 0. The second-order valence-electron chi connectivity index (χ2n) is 3.82. The molecule has 86 valence electrons. The minimum absolute atomic E-state index is 0.511. The molecule has 0 fully saturated rings. The zero-order chi connectivity index (χ0) is 11.1. The Morgan fingerprint density at radius 1 is 1.53 bits per heavy atom. The van der Waals surface area contributed by atoms with Crippen LogP contribution in [0.2, 0.25) is 0 Å². The van der Waals surface area contributed by atoms with Gasteiger partial charge in [-0.1, -0.05) is 32.0 Å². The van der Waals surface area contributed by atoms with Crippen molar-refractivity contribution in [2.24, 2.45) is 0 Å². The number of aromatic amines is 1. The van der Waals surface area contributed by atoms with E-state index in [4.69, 9.17) is 0 Å². The molecule has 0 amide bonds. The Morgan fingerprint density at radius 2 is 2.33 bits per heavy atom. The van der Waals surface area contributed by atoms with E-state index in [1.807, 2.05) is 0 Å². The van der Waals surface area contributed by atoms with Gasteiger partial charge < -0.3 is 5.32 Å². The molecule has 0 saturated carbocycles. The topological polar surface area (TPSA) is 53.6 Å². The molecule has 4 nitrogen and oxygen atoms in total. The van der Waals surface area contributed by atoms with Gasteiger partial charge in [-0.25, -0.2) is 4.98 Å². The predicted molar refractivity (Wildman–Crippen MR) is 64.1 cm³/mol. The highest BCUT2D eigenvalue weighted by atomic mass is 32.2. The van der Waals surface area contributed by atoms with Crippen molar-refractivity contribution >= 4 is 11.8 Å². The molecule has 1 heterocycles. The number of rotatable bonds is 7. The number of nitrogens with zero attached hydrogens (tertiary/aromatic N) is 2. The maximum atomic E-state index is 4.09. The maximum absolute atomic E-state index is 4.09. The van der Waals surface area contributed by atoms with Crippen LogP contribution in [0.4, 0.5) is 0 Å². The van der Waals surface area contributed by atoms with E-state index in [0.717, 1.165) is 11.7 Å². The molecule has 1 aromatic rings. The van der Waals surface area contributed by atoms with Crippen molar-refractivity contribution in [3.05, 3.63) is 6.33 Å². The highest BCUT2D eigenvalue weighted by molar-refractivity contribution is 7.99. The van der Waals surface area contributed by atoms with Crippen LogP contribution >= 0.6 is 11.8 Å². The minimum atomic E-state index is 0.511. The summed E-state index contributed by atoms with van der Waals surface area (Å²) in [5.74, 6) is 0. The number of hydrogen-bond acceptors (Lipinski definition) is 4. The van der Waals surface area contributed by atoms with Crippen LogP contribution in [-0.4, -0.2) is 33.0 Å². The zero-order valence-electron chi connectivity index (χ0n) is 9.66. The Kier molecular flexibility index (Phi) is 5.71. The van der Waals surface area contributed by atoms with Crippen LogP contribution in [0, 0.1) is 0 Å². The van der Waals surface area contributed by atoms with E-state index >= 15 is 0 Å². The average molecular weight is 228 g/mol. The summed E-state index contributed by atoms with van der Waals surface area (Å²) in [5, 5.41) is 11.6. The van der Waals surface area contributed by atoms with Gasteiger partial charge in [0.05, 0.1) is 0 Å². The summed E-state index contributed by atoms with van der Waals surface area (Å²) in [6.45, 7) is 7.64. The summed E-state index contributed by atoms with van der Waals surface area (Å²) in [6, 6.07) is 0.604. The molecule has 1 rings (SSSR count). The smallest absolute Gasteiger partial charge is 0.183 e. The molecule has 0 aliphatic heterocycles. The van der Waals surface area contributed by atoms with E-state index in [1.54, 1.807) is 18.1 Å². The molecule has 1 aromatic heterocycles. The summed E-state index contributed by atoms with van der Waals surface area (Å²) in [5.41, 5.74) is 0. The average Bonchev–Trinajstić information content (AvgIpc) is 2.68. The number of aromatic nitrogens is 3.